The Morgan fingerprint density at radius 2 is 1.56 bits per heavy atom. The van der Waals surface area contributed by atoms with Gasteiger partial charge in [-0.05, 0) is 53.4 Å². The Morgan fingerprint density at radius 1 is 0.969 bits per heavy atom. The molecule has 1 aliphatic carbocycles. The molecule has 3 nitrogen and oxygen atoms in total. The molecule has 1 atom stereocenters. The average molecular weight is 459 g/mol. The van der Waals surface area contributed by atoms with Crippen molar-refractivity contribution in [1.82, 2.24) is 0 Å². The Kier molecular flexibility index (Phi) is 9.78. The summed E-state index contributed by atoms with van der Waals surface area (Å²) in [4.78, 5) is 12.8. The number of ketones is 1. The quantitative estimate of drug-likeness (QED) is 0.304. The monoisotopic (exact) mass is 458 g/mol. The zero-order valence-electron chi connectivity index (χ0n) is 22.0. The number of rotatable bonds is 12. The third-order valence-corrected chi connectivity index (χ3v) is 13.2. The molecule has 32 heavy (non-hydrogen) atoms. The van der Waals surface area contributed by atoms with E-state index in [-0.39, 0.29) is 11.7 Å². The lowest BCUT2D eigenvalue weighted by atomic mass is 9.94. The second-order valence-corrected chi connectivity index (χ2v) is 16.4. The van der Waals surface area contributed by atoms with Crippen molar-refractivity contribution in [3.63, 3.8) is 0 Å². The molecule has 0 N–H and O–H groups in total. The van der Waals surface area contributed by atoms with Crippen LogP contribution >= 0.6 is 0 Å². The lowest BCUT2D eigenvalue weighted by molar-refractivity contribution is -0.118. The number of hydrogen-bond donors (Lipinski definition) is 0. The number of carbonyl (C=O) groups is 1. The van der Waals surface area contributed by atoms with Crippen molar-refractivity contribution in [3.8, 4) is 0 Å². The molecule has 1 aliphatic rings. The van der Waals surface area contributed by atoms with Gasteiger partial charge in [0.25, 0.3) is 0 Å². The van der Waals surface area contributed by atoms with Gasteiger partial charge < -0.3 is 9.16 Å². The molecule has 0 radical (unpaired) electrons. The highest BCUT2D eigenvalue weighted by atomic mass is 28.4. The number of allylic oxidation sites excluding steroid dienone is 2. The molecule has 0 aromatic heterocycles. The normalized spacial score (nSPS) is 17.5. The lowest BCUT2D eigenvalue weighted by Gasteiger charge is -2.42. The van der Waals surface area contributed by atoms with Crippen molar-refractivity contribution in [1.29, 1.82) is 0 Å². The summed E-state index contributed by atoms with van der Waals surface area (Å²) in [6, 6.07) is 8.73. The maximum atomic E-state index is 12.8. The number of ether oxygens (including phenoxy) is 1. The van der Waals surface area contributed by atoms with Crippen molar-refractivity contribution >= 4 is 14.1 Å². The van der Waals surface area contributed by atoms with Crippen LogP contribution in [-0.4, -0.2) is 27.3 Å². The number of Topliss-reactive ketones (excluding diaryl/α,β-unsaturated/α-hetero) is 1. The Balaban J connectivity index is 1.99. The highest BCUT2D eigenvalue weighted by Crippen LogP contribution is 2.42. The van der Waals surface area contributed by atoms with Gasteiger partial charge in [0.05, 0.1) is 6.61 Å². The Morgan fingerprint density at radius 3 is 2.12 bits per heavy atom. The summed E-state index contributed by atoms with van der Waals surface area (Å²) in [5.74, 6) is 1.62. The Bertz CT molecular complexity index is 770. The third kappa shape index (κ3) is 6.35. The van der Waals surface area contributed by atoms with Gasteiger partial charge in [-0.15, -0.1) is 0 Å². The van der Waals surface area contributed by atoms with Crippen molar-refractivity contribution in [2.24, 2.45) is 11.8 Å². The molecule has 1 aromatic rings. The second kappa shape index (κ2) is 11.6. The molecule has 1 unspecified atom stereocenters. The van der Waals surface area contributed by atoms with E-state index in [1.54, 1.807) is 0 Å². The molecule has 0 heterocycles. The lowest BCUT2D eigenvalue weighted by Crippen LogP contribution is -2.48. The fourth-order valence-corrected chi connectivity index (χ4v) is 11.0. The van der Waals surface area contributed by atoms with Gasteiger partial charge in [-0.3, -0.25) is 4.79 Å². The first-order valence-electron chi connectivity index (χ1n) is 12.6. The van der Waals surface area contributed by atoms with E-state index >= 15 is 0 Å². The van der Waals surface area contributed by atoms with Crippen molar-refractivity contribution < 1.29 is 14.0 Å². The minimum Gasteiger partial charge on any atom is -0.497 e. The van der Waals surface area contributed by atoms with Crippen molar-refractivity contribution in [2.45, 2.75) is 98.2 Å². The smallest absolute Gasteiger partial charge is 0.200 e. The molecule has 0 fully saturated rings. The van der Waals surface area contributed by atoms with Crippen LogP contribution in [0.5, 0.6) is 0 Å². The van der Waals surface area contributed by atoms with E-state index in [2.05, 4.69) is 79.7 Å². The molecular formula is C28H46O3Si. The fraction of sp³-hybridized carbons (Fsp3) is 0.679. The summed E-state index contributed by atoms with van der Waals surface area (Å²) >= 11 is 0. The van der Waals surface area contributed by atoms with Crippen LogP contribution in [0.2, 0.25) is 16.6 Å². The summed E-state index contributed by atoms with van der Waals surface area (Å²) in [6.07, 6.45) is 2.44. The predicted molar refractivity (Wildman–Crippen MR) is 137 cm³/mol. The zero-order valence-corrected chi connectivity index (χ0v) is 23.0. The number of benzene rings is 1. The molecular weight excluding hydrogens is 412 g/mol. The second-order valence-electron chi connectivity index (χ2n) is 11.0. The first-order valence-corrected chi connectivity index (χ1v) is 14.7. The topological polar surface area (TPSA) is 35.5 Å². The first kappa shape index (κ1) is 26.9. The highest BCUT2D eigenvalue weighted by Gasteiger charge is 2.44. The van der Waals surface area contributed by atoms with E-state index in [1.165, 1.54) is 11.1 Å². The molecule has 0 saturated carbocycles. The van der Waals surface area contributed by atoms with Gasteiger partial charge >= 0.3 is 0 Å². The molecule has 0 bridgehead atoms. The van der Waals surface area contributed by atoms with Gasteiger partial charge in [-0.1, -0.05) is 79.7 Å². The zero-order chi connectivity index (χ0) is 24.1. The van der Waals surface area contributed by atoms with Crippen molar-refractivity contribution in [3.05, 3.63) is 46.7 Å². The molecule has 180 valence electrons. The summed E-state index contributed by atoms with van der Waals surface area (Å²) in [5.41, 5.74) is 5.16. The summed E-state index contributed by atoms with van der Waals surface area (Å²) in [5, 5.41) is 0. The number of carbonyl (C=O) groups excluding carboxylic acids is 1. The molecule has 0 amide bonds. The molecule has 2 rings (SSSR count). The SMILES string of the molecule is CC1=C(OCC(C)C)CC(Cc2cccc(CCO[Si](C(C)C)(C(C)C)C(C)C)c2)C1=O. The summed E-state index contributed by atoms with van der Waals surface area (Å²) in [6.45, 7) is 21.6. The van der Waals surface area contributed by atoms with E-state index in [0.717, 1.165) is 37.2 Å². The molecule has 0 aliphatic heterocycles. The van der Waals surface area contributed by atoms with Gasteiger partial charge in [0.15, 0.2) is 14.1 Å². The van der Waals surface area contributed by atoms with Crippen LogP contribution < -0.4 is 0 Å². The van der Waals surface area contributed by atoms with E-state index < -0.39 is 8.32 Å². The van der Waals surface area contributed by atoms with Crippen LogP contribution in [0.3, 0.4) is 0 Å². The van der Waals surface area contributed by atoms with Crippen molar-refractivity contribution in [2.75, 3.05) is 13.2 Å². The molecule has 4 heteroatoms. The van der Waals surface area contributed by atoms with Gasteiger partial charge in [0, 0.05) is 24.5 Å². The average Bonchev–Trinajstić information content (AvgIpc) is 2.97. The van der Waals surface area contributed by atoms with Gasteiger partial charge in [-0.2, -0.15) is 0 Å². The maximum Gasteiger partial charge on any atom is 0.200 e. The van der Waals surface area contributed by atoms with Crippen LogP contribution in [0.25, 0.3) is 0 Å². The van der Waals surface area contributed by atoms with Gasteiger partial charge in [0.2, 0.25) is 0 Å². The summed E-state index contributed by atoms with van der Waals surface area (Å²) < 4.78 is 12.7. The summed E-state index contributed by atoms with van der Waals surface area (Å²) in [7, 11) is -1.83. The molecule has 1 aromatic carbocycles. The first-order chi connectivity index (χ1) is 15.0. The van der Waals surface area contributed by atoms with Crippen LogP contribution in [0, 0.1) is 11.8 Å². The molecule has 0 spiro atoms. The standard InChI is InChI=1S/C28H46O3Si/c1-19(2)18-30-27-17-26(28(29)23(27)9)16-25-12-10-11-24(15-25)13-14-31-32(20(3)4,21(5)6)22(7)8/h10-12,15,19-22,26H,13-14,16-18H2,1-9H3. The highest BCUT2D eigenvalue weighted by molar-refractivity contribution is 6.77. The van der Waals surface area contributed by atoms with Crippen LogP contribution in [0.15, 0.2) is 35.6 Å². The Labute approximate surface area is 198 Å². The minimum atomic E-state index is -1.83. The van der Waals surface area contributed by atoms with Gasteiger partial charge in [-0.25, -0.2) is 0 Å². The van der Waals surface area contributed by atoms with E-state index in [1.807, 2.05) is 6.92 Å². The maximum absolute atomic E-state index is 12.8. The largest absolute Gasteiger partial charge is 0.497 e. The predicted octanol–water partition coefficient (Wildman–Crippen LogP) is 7.50. The third-order valence-electron chi connectivity index (χ3n) is 7.10. The fourth-order valence-electron chi connectivity index (χ4n) is 5.55. The van der Waals surface area contributed by atoms with E-state index in [0.29, 0.717) is 29.1 Å². The van der Waals surface area contributed by atoms with Gasteiger partial charge in [0.1, 0.15) is 5.76 Å². The molecule has 0 saturated heterocycles. The van der Waals surface area contributed by atoms with Crippen LogP contribution in [-0.2, 0) is 26.8 Å². The van der Waals surface area contributed by atoms with E-state index in [4.69, 9.17) is 9.16 Å². The van der Waals surface area contributed by atoms with Crippen LogP contribution in [0.1, 0.15) is 79.9 Å². The van der Waals surface area contributed by atoms with Crippen LogP contribution in [0.4, 0.5) is 0 Å². The van der Waals surface area contributed by atoms with E-state index in [9.17, 15) is 4.79 Å². The minimum absolute atomic E-state index is 0.00606. The Hall–Kier alpha value is -1.39. The number of hydrogen-bond acceptors (Lipinski definition) is 3.